The Hall–Kier alpha value is -3.91. The summed E-state index contributed by atoms with van der Waals surface area (Å²) in [5.74, 6) is 1.43. The summed E-state index contributed by atoms with van der Waals surface area (Å²) in [6.45, 7) is 0. The van der Waals surface area contributed by atoms with Crippen LogP contribution in [0, 0.1) is 0 Å². The first kappa shape index (κ1) is 23.8. The first-order valence-electron chi connectivity index (χ1n) is 10.8. The number of furan rings is 1. The van der Waals surface area contributed by atoms with E-state index in [9.17, 15) is 4.79 Å². The van der Waals surface area contributed by atoms with E-state index in [0.717, 1.165) is 33.7 Å². The van der Waals surface area contributed by atoms with Gasteiger partial charge < -0.3 is 14.7 Å². The molecule has 5 rings (SSSR count). The molecule has 0 bridgehead atoms. The van der Waals surface area contributed by atoms with Crippen LogP contribution in [0.5, 0.6) is 0 Å². The van der Waals surface area contributed by atoms with E-state index >= 15 is 0 Å². The minimum atomic E-state index is -0.398. The van der Waals surface area contributed by atoms with Crippen molar-refractivity contribution in [2.45, 2.75) is 0 Å². The predicted octanol–water partition coefficient (Wildman–Crippen LogP) is 7.32. The summed E-state index contributed by atoms with van der Waals surface area (Å²) in [6, 6.07) is 24.1. The number of hydrogen-bond donors (Lipinski definition) is 3. The van der Waals surface area contributed by atoms with Crippen molar-refractivity contribution >= 4 is 69.2 Å². The molecule has 9 heteroatoms. The number of nitrogens with zero attached hydrogens (tertiary/aromatic N) is 1. The largest absolute Gasteiger partial charge is 0.457 e. The Balaban J connectivity index is 1.20. The smallest absolute Gasteiger partial charge is 0.250 e. The van der Waals surface area contributed by atoms with E-state index in [-0.39, 0.29) is 5.11 Å². The topological polar surface area (TPSA) is 82.9 Å². The Labute approximate surface area is 222 Å². The lowest BCUT2D eigenvalue weighted by Gasteiger charge is -2.09. The number of carbonyl (C=O) groups is 1. The summed E-state index contributed by atoms with van der Waals surface area (Å²) >= 11 is 17.4. The van der Waals surface area contributed by atoms with E-state index in [4.69, 9.17) is 39.8 Å². The van der Waals surface area contributed by atoms with Crippen LogP contribution in [0.3, 0.4) is 0 Å². The molecule has 0 spiro atoms. The fourth-order valence-corrected chi connectivity index (χ4v) is 4.35. The number of hydrogen-bond acceptors (Lipinski definition) is 4. The maximum Gasteiger partial charge on any atom is 0.250 e. The van der Waals surface area contributed by atoms with Gasteiger partial charge in [0, 0.05) is 32.9 Å². The van der Waals surface area contributed by atoms with Crippen molar-refractivity contribution in [2.24, 2.45) is 0 Å². The van der Waals surface area contributed by atoms with Crippen LogP contribution in [0.4, 0.5) is 5.69 Å². The molecule has 3 aromatic carbocycles. The van der Waals surface area contributed by atoms with E-state index < -0.39 is 5.91 Å². The molecule has 3 N–H and O–H groups in total. The van der Waals surface area contributed by atoms with Gasteiger partial charge in [-0.2, -0.15) is 0 Å². The zero-order valence-corrected chi connectivity index (χ0v) is 20.9. The van der Waals surface area contributed by atoms with Crippen molar-refractivity contribution in [3.63, 3.8) is 0 Å². The second-order valence-corrected chi connectivity index (χ2v) is 9.10. The van der Waals surface area contributed by atoms with Gasteiger partial charge in [-0.1, -0.05) is 47.5 Å². The molecule has 0 aliphatic rings. The lowest BCUT2D eigenvalue weighted by atomic mass is 10.2. The molecule has 1 amide bonds. The second-order valence-electron chi connectivity index (χ2n) is 7.82. The zero-order chi connectivity index (χ0) is 25.1. The van der Waals surface area contributed by atoms with Crippen molar-refractivity contribution in [3.05, 3.63) is 101 Å². The Morgan fingerprint density at radius 2 is 1.75 bits per heavy atom. The number of rotatable bonds is 5. The summed E-state index contributed by atoms with van der Waals surface area (Å²) in [7, 11) is 0. The van der Waals surface area contributed by atoms with Gasteiger partial charge in [-0.05, 0) is 72.9 Å². The molecule has 0 radical (unpaired) electrons. The van der Waals surface area contributed by atoms with Gasteiger partial charge in [-0.25, -0.2) is 4.98 Å². The van der Waals surface area contributed by atoms with Crippen LogP contribution in [-0.4, -0.2) is 21.0 Å². The third kappa shape index (κ3) is 5.66. The van der Waals surface area contributed by atoms with E-state index in [2.05, 4.69) is 20.6 Å². The molecule has 0 saturated carbocycles. The minimum Gasteiger partial charge on any atom is -0.457 e. The molecule has 0 aliphatic carbocycles. The molecule has 6 nitrogen and oxygen atoms in total. The summed E-state index contributed by atoms with van der Waals surface area (Å²) < 4.78 is 5.77. The standard InChI is InChI=1S/C27H18Cl2N4O2S/c28-18-12-17(13-19(29)15-18)24-10-8-21(35-24)9-11-25(34)33-27(36)30-20-5-3-4-16(14-20)26-31-22-6-1-2-7-23(22)32-26/h1-15H,(H,31,32)(H2,30,33,34,36)/b11-9+. The molecular formula is C27H18Cl2N4O2S. The number of fused-ring (bicyclic) bond motifs is 1. The average molecular weight is 533 g/mol. The maximum atomic E-state index is 12.4. The summed E-state index contributed by atoms with van der Waals surface area (Å²) in [6.07, 6.45) is 2.89. The van der Waals surface area contributed by atoms with Crippen LogP contribution < -0.4 is 10.6 Å². The fourth-order valence-electron chi connectivity index (χ4n) is 3.60. The highest BCUT2D eigenvalue weighted by molar-refractivity contribution is 7.80. The number of para-hydroxylation sites is 2. The Bertz CT molecular complexity index is 1570. The quantitative estimate of drug-likeness (QED) is 0.163. The number of thiocarbonyl (C=S) groups is 1. The molecule has 0 atom stereocenters. The molecule has 0 fully saturated rings. The molecule has 0 unspecified atom stereocenters. The minimum absolute atomic E-state index is 0.167. The Kier molecular flexibility index (Phi) is 6.86. The molecule has 5 aromatic rings. The van der Waals surface area contributed by atoms with Gasteiger partial charge in [0.25, 0.3) is 0 Å². The third-order valence-electron chi connectivity index (χ3n) is 5.19. The van der Waals surface area contributed by atoms with E-state index in [1.165, 1.54) is 6.08 Å². The van der Waals surface area contributed by atoms with Crippen LogP contribution in [0.15, 0.2) is 89.4 Å². The van der Waals surface area contributed by atoms with E-state index in [0.29, 0.717) is 21.6 Å². The highest BCUT2D eigenvalue weighted by Gasteiger charge is 2.09. The molecule has 2 heterocycles. The molecular weight excluding hydrogens is 515 g/mol. The number of anilines is 1. The fraction of sp³-hybridized carbons (Fsp3) is 0. The number of nitrogens with one attached hydrogen (secondary N) is 3. The number of carbonyl (C=O) groups excluding carboxylic acids is 1. The van der Waals surface area contributed by atoms with Crippen LogP contribution in [0.2, 0.25) is 10.0 Å². The van der Waals surface area contributed by atoms with Crippen LogP contribution in [-0.2, 0) is 4.79 Å². The highest BCUT2D eigenvalue weighted by Crippen LogP contribution is 2.29. The highest BCUT2D eigenvalue weighted by atomic mass is 35.5. The van der Waals surface area contributed by atoms with Crippen molar-refractivity contribution in [2.75, 3.05) is 5.32 Å². The normalized spacial score (nSPS) is 11.2. The van der Waals surface area contributed by atoms with Gasteiger partial charge in [-0.3, -0.25) is 10.1 Å². The SMILES string of the molecule is O=C(/C=C/c1ccc(-c2cc(Cl)cc(Cl)c2)o1)NC(=S)Nc1cccc(-c2nc3ccccc3[nH]2)c1. The van der Waals surface area contributed by atoms with Crippen LogP contribution in [0.25, 0.3) is 39.8 Å². The van der Waals surface area contributed by atoms with Crippen molar-refractivity contribution in [1.29, 1.82) is 0 Å². The van der Waals surface area contributed by atoms with Gasteiger partial charge in [0.2, 0.25) is 5.91 Å². The van der Waals surface area contributed by atoms with Crippen LogP contribution in [0.1, 0.15) is 5.76 Å². The first-order valence-corrected chi connectivity index (χ1v) is 12.0. The van der Waals surface area contributed by atoms with Crippen molar-refractivity contribution < 1.29 is 9.21 Å². The number of imidazole rings is 1. The monoisotopic (exact) mass is 532 g/mol. The lowest BCUT2D eigenvalue weighted by molar-refractivity contribution is -0.115. The number of benzene rings is 3. The van der Waals surface area contributed by atoms with Gasteiger partial charge >= 0.3 is 0 Å². The predicted molar refractivity (Wildman–Crippen MR) is 149 cm³/mol. The van der Waals surface area contributed by atoms with Gasteiger partial charge in [0.1, 0.15) is 17.3 Å². The second kappa shape index (κ2) is 10.4. The van der Waals surface area contributed by atoms with Gasteiger partial charge in [0.05, 0.1) is 11.0 Å². The lowest BCUT2D eigenvalue weighted by Crippen LogP contribution is -2.32. The number of aromatic nitrogens is 2. The molecule has 0 saturated heterocycles. The number of amides is 1. The molecule has 0 aliphatic heterocycles. The molecule has 36 heavy (non-hydrogen) atoms. The maximum absolute atomic E-state index is 12.4. The van der Waals surface area contributed by atoms with E-state index in [1.807, 2.05) is 48.5 Å². The number of aromatic amines is 1. The third-order valence-corrected chi connectivity index (χ3v) is 5.83. The summed E-state index contributed by atoms with van der Waals surface area (Å²) in [5, 5.41) is 6.84. The van der Waals surface area contributed by atoms with Gasteiger partial charge in [-0.15, -0.1) is 0 Å². The summed E-state index contributed by atoms with van der Waals surface area (Å²) in [4.78, 5) is 20.3. The van der Waals surface area contributed by atoms with Crippen LogP contribution >= 0.6 is 35.4 Å². The van der Waals surface area contributed by atoms with E-state index in [1.54, 1.807) is 36.4 Å². The number of halogens is 2. The first-order chi connectivity index (χ1) is 17.4. The Morgan fingerprint density at radius 3 is 2.56 bits per heavy atom. The average Bonchev–Trinajstić information content (AvgIpc) is 3.50. The van der Waals surface area contributed by atoms with Gasteiger partial charge in [0.15, 0.2) is 5.11 Å². The molecule has 178 valence electrons. The molecule has 2 aromatic heterocycles. The number of H-pyrrole nitrogens is 1. The van der Waals surface area contributed by atoms with Crippen molar-refractivity contribution in [3.8, 4) is 22.7 Å². The van der Waals surface area contributed by atoms with Crippen molar-refractivity contribution in [1.82, 2.24) is 15.3 Å². The zero-order valence-electron chi connectivity index (χ0n) is 18.6. The Morgan fingerprint density at radius 1 is 0.944 bits per heavy atom. The summed E-state index contributed by atoms with van der Waals surface area (Å²) in [5.41, 5.74) is 4.20.